The van der Waals surface area contributed by atoms with Gasteiger partial charge in [0.05, 0.1) is 4.90 Å². The molecule has 6 heteroatoms. The molecule has 0 bridgehead atoms. The van der Waals surface area contributed by atoms with Crippen LogP contribution >= 0.6 is 11.8 Å². The third-order valence-corrected chi connectivity index (χ3v) is 5.89. The Morgan fingerprint density at radius 3 is 2.38 bits per heavy atom. The van der Waals surface area contributed by atoms with E-state index in [2.05, 4.69) is 4.72 Å². The topological polar surface area (TPSA) is 66.4 Å². The highest BCUT2D eigenvalue weighted by Crippen LogP contribution is 2.34. The van der Waals surface area contributed by atoms with E-state index >= 15 is 0 Å². The Hall–Kier alpha value is -1.50. The van der Waals surface area contributed by atoms with Crippen molar-refractivity contribution in [2.24, 2.45) is 0 Å². The van der Waals surface area contributed by atoms with Gasteiger partial charge >= 0.3 is 0 Å². The number of phenolic OH excluding ortho intramolecular Hbond substituents is 1. The summed E-state index contributed by atoms with van der Waals surface area (Å²) in [6, 6.07) is 13.7. The minimum Gasteiger partial charge on any atom is -0.508 e. The van der Waals surface area contributed by atoms with E-state index in [9.17, 15) is 13.5 Å². The summed E-state index contributed by atoms with van der Waals surface area (Å²) in [6.45, 7) is 0. The molecule has 0 radical (unpaired) electrons. The van der Waals surface area contributed by atoms with Crippen LogP contribution in [0.25, 0.3) is 0 Å². The Morgan fingerprint density at radius 2 is 1.71 bits per heavy atom. The van der Waals surface area contributed by atoms with Crippen molar-refractivity contribution in [2.45, 2.75) is 33.6 Å². The second kappa shape index (κ2) is 5.71. The summed E-state index contributed by atoms with van der Waals surface area (Å²) in [5, 5.41) is 9.30. The quantitative estimate of drug-likeness (QED) is 0.888. The first-order chi connectivity index (χ1) is 10.0. The molecule has 0 atom stereocenters. The lowest BCUT2D eigenvalue weighted by Crippen LogP contribution is -2.26. The van der Waals surface area contributed by atoms with Crippen LogP contribution in [0.1, 0.15) is 12.8 Å². The second-order valence-corrected chi connectivity index (χ2v) is 7.74. The van der Waals surface area contributed by atoms with E-state index in [0.29, 0.717) is 9.79 Å². The summed E-state index contributed by atoms with van der Waals surface area (Å²) >= 11 is 1.37. The number of aromatic hydroxyl groups is 1. The van der Waals surface area contributed by atoms with Crippen LogP contribution in [0.4, 0.5) is 0 Å². The number of nitrogens with one attached hydrogen (secondary N) is 1. The average Bonchev–Trinajstić information content (AvgIpc) is 3.25. The lowest BCUT2D eigenvalue weighted by molar-refractivity contribution is 0.475. The lowest BCUT2D eigenvalue weighted by atomic mass is 10.3. The van der Waals surface area contributed by atoms with Crippen LogP contribution in [0.3, 0.4) is 0 Å². The van der Waals surface area contributed by atoms with E-state index in [1.165, 1.54) is 11.8 Å². The van der Waals surface area contributed by atoms with Gasteiger partial charge in [-0.25, -0.2) is 13.1 Å². The van der Waals surface area contributed by atoms with Gasteiger partial charge in [0.1, 0.15) is 5.75 Å². The smallest absolute Gasteiger partial charge is 0.241 e. The fourth-order valence-electron chi connectivity index (χ4n) is 1.88. The minimum absolute atomic E-state index is 0.0849. The van der Waals surface area contributed by atoms with Crippen molar-refractivity contribution < 1.29 is 13.5 Å². The molecule has 0 saturated heterocycles. The maximum absolute atomic E-state index is 12.4. The molecule has 0 aromatic heterocycles. The molecule has 1 fully saturated rings. The Labute approximate surface area is 128 Å². The van der Waals surface area contributed by atoms with Gasteiger partial charge in [-0.2, -0.15) is 0 Å². The molecule has 0 spiro atoms. The van der Waals surface area contributed by atoms with Crippen LogP contribution in [0.5, 0.6) is 5.75 Å². The summed E-state index contributed by atoms with van der Waals surface area (Å²) in [7, 11) is -3.48. The molecule has 21 heavy (non-hydrogen) atoms. The largest absolute Gasteiger partial charge is 0.508 e. The standard InChI is InChI=1S/C15H15NO3S2/c17-12-7-9-13(10-8-12)20-14-3-1-2-4-15(14)21(18,19)16-11-5-6-11/h1-4,7-11,16-17H,5-6H2. The van der Waals surface area contributed by atoms with Crippen LogP contribution in [-0.2, 0) is 10.0 Å². The van der Waals surface area contributed by atoms with Crippen LogP contribution in [0, 0.1) is 0 Å². The van der Waals surface area contributed by atoms with Crippen molar-refractivity contribution in [1.82, 2.24) is 4.72 Å². The first-order valence-electron chi connectivity index (χ1n) is 6.63. The molecule has 1 saturated carbocycles. The normalized spacial score (nSPS) is 15.0. The van der Waals surface area contributed by atoms with Gasteiger partial charge in [-0.15, -0.1) is 0 Å². The van der Waals surface area contributed by atoms with E-state index in [1.807, 2.05) is 6.07 Å². The number of phenols is 1. The highest BCUT2D eigenvalue weighted by Gasteiger charge is 2.29. The van der Waals surface area contributed by atoms with E-state index in [1.54, 1.807) is 42.5 Å². The monoisotopic (exact) mass is 321 g/mol. The third-order valence-electron chi connectivity index (χ3n) is 3.10. The zero-order valence-electron chi connectivity index (χ0n) is 11.2. The molecule has 2 aromatic rings. The molecule has 4 nitrogen and oxygen atoms in total. The van der Waals surface area contributed by atoms with Crippen LogP contribution < -0.4 is 4.72 Å². The van der Waals surface area contributed by atoms with Gasteiger partial charge in [-0.1, -0.05) is 23.9 Å². The van der Waals surface area contributed by atoms with Crippen molar-refractivity contribution in [3.05, 3.63) is 48.5 Å². The first-order valence-corrected chi connectivity index (χ1v) is 8.93. The molecule has 2 N–H and O–H groups in total. The van der Waals surface area contributed by atoms with E-state index in [4.69, 9.17) is 0 Å². The maximum Gasteiger partial charge on any atom is 0.241 e. The van der Waals surface area contributed by atoms with Crippen molar-refractivity contribution in [1.29, 1.82) is 0 Å². The summed E-state index contributed by atoms with van der Waals surface area (Å²) in [6.07, 6.45) is 1.82. The van der Waals surface area contributed by atoms with E-state index in [0.717, 1.165) is 17.7 Å². The first kappa shape index (κ1) is 14.4. The molecule has 0 aliphatic heterocycles. The molecule has 2 aromatic carbocycles. The Balaban J connectivity index is 1.90. The van der Waals surface area contributed by atoms with Gasteiger partial charge in [0.25, 0.3) is 0 Å². The molecule has 1 aliphatic carbocycles. The van der Waals surface area contributed by atoms with Gasteiger partial charge in [-0.05, 0) is 49.2 Å². The predicted octanol–water partition coefficient (Wildman–Crippen LogP) is 2.98. The number of hydrogen-bond donors (Lipinski definition) is 2. The summed E-state index contributed by atoms with van der Waals surface area (Å²) in [5.74, 6) is 0.190. The fourth-order valence-corrected chi connectivity index (χ4v) is 4.57. The summed E-state index contributed by atoms with van der Waals surface area (Å²) < 4.78 is 27.5. The number of sulfonamides is 1. The highest BCUT2D eigenvalue weighted by molar-refractivity contribution is 8.00. The predicted molar refractivity (Wildman–Crippen MR) is 82.0 cm³/mol. The number of rotatable bonds is 5. The van der Waals surface area contributed by atoms with Crippen molar-refractivity contribution >= 4 is 21.8 Å². The highest BCUT2D eigenvalue weighted by atomic mass is 32.2. The van der Waals surface area contributed by atoms with Crippen LogP contribution in [-0.4, -0.2) is 19.6 Å². The average molecular weight is 321 g/mol. The van der Waals surface area contributed by atoms with Gasteiger partial charge in [0.2, 0.25) is 10.0 Å². The zero-order chi connectivity index (χ0) is 14.9. The molecule has 110 valence electrons. The number of hydrogen-bond acceptors (Lipinski definition) is 4. The summed E-state index contributed by atoms with van der Waals surface area (Å²) in [4.78, 5) is 1.85. The molecule has 0 amide bonds. The van der Waals surface area contributed by atoms with Gasteiger partial charge < -0.3 is 5.11 Å². The molecule has 3 rings (SSSR count). The lowest BCUT2D eigenvalue weighted by Gasteiger charge is -2.10. The van der Waals surface area contributed by atoms with Crippen molar-refractivity contribution in [2.75, 3.05) is 0 Å². The van der Waals surface area contributed by atoms with E-state index < -0.39 is 10.0 Å². The molecule has 1 aliphatic rings. The van der Waals surface area contributed by atoms with E-state index in [-0.39, 0.29) is 11.8 Å². The van der Waals surface area contributed by atoms with Gasteiger partial charge in [-0.3, -0.25) is 0 Å². The summed E-state index contributed by atoms with van der Waals surface area (Å²) in [5.41, 5.74) is 0. The van der Waals surface area contributed by atoms with Crippen LogP contribution in [0.2, 0.25) is 0 Å². The number of benzene rings is 2. The molecular formula is C15H15NO3S2. The Bertz CT molecular complexity index is 738. The third kappa shape index (κ3) is 3.58. The zero-order valence-corrected chi connectivity index (χ0v) is 12.8. The molecule has 0 heterocycles. The Kier molecular flexibility index (Phi) is 3.93. The Morgan fingerprint density at radius 1 is 1.05 bits per heavy atom. The van der Waals surface area contributed by atoms with Gasteiger partial charge in [0.15, 0.2) is 0 Å². The minimum atomic E-state index is -3.48. The molecular weight excluding hydrogens is 306 g/mol. The SMILES string of the molecule is O=S(=O)(NC1CC1)c1ccccc1Sc1ccc(O)cc1. The second-order valence-electron chi connectivity index (χ2n) is 4.94. The van der Waals surface area contributed by atoms with Gasteiger partial charge in [0, 0.05) is 15.8 Å². The maximum atomic E-state index is 12.4. The van der Waals surface area contributed by atoms with Crippen LogP contribution in [0.15, 0.2) is 63.2 Å². The van der Waals surface area contributed by atoms with Crippen molar-refractivity contribution in [3.8, 4) is 5.75 Å². The fraction of sp³-hybridized carbons (Fsp3) is 0.200. The molecule has 0 unspecified atom stereocenters. The van der Waals surface area contributed by atoms with Crippen molar-refractivity contribution in [3.63, 3.8) is 0 Å².